The van der Waals surface area contributed by atoms with Crippen LogP contribution in [0.3, 0.4) is 0 Å². The molecule has 1 saturated carbocycles. The van der Waals surface area contributed by atoms with E-state index in [-0.39, 0.29) is 18.5 Å². The summed E-state index contributed by atoms with van der Waals surface area (Å²) in [5, 5.41) is 0. The lowest BCUT2D eigenvalue weighted by Crippen LogP contribution is -2.40. The number of Topliss-reactive ketones (excluding diaryl/α,β-unsaturated/α-hetero) is 1. The van der Waals surface area contributed by atoms with E-state index in [0.29, 0.717) is 24.2 Å². The molecule has 7 heteroatoms. The molecule has 5 nitrogen and oxygen atoms in total. The van der Waals surface area contributed by atoms with Gasteiger partial charge in [0.25, 0.3) is 0 Å². The van der Waals surface area contributed by atoms with E-state index in [1.165, 1.54) is 15.4 Å². The van der Waals surface area contributed by atoms with Crippen molar-refractivity contribution in [3.63, 3.8) is 0 Å². The first-order valence-electron chi connectivity index (χ1n) is 14.9. The van der Waals surface area contributed by atoms with E-state index in [9.17, 15) is 4.79 Å². The molecule has 2 unspecified atom stereocenters. The third kappa shape index (κ3) is 7.05. The van der Waals surface area contributed by atoms with Gasteiger partial charge in [-0.15, -0.1) is 23.5 Å². The minimum Gasteiger partial charge on any atom is -0.353 e. The molecule has 0 aromatic heterocycles. The second kappa shape index (κ2) is 14.0. The molecule has 2 saturated heterocycles. The van der Waals surface area contributed by atoms with Gasteiger partial charge in [0.2, 0.25) is 0 Å². The van der Waals surface area contributed by atoms with Gasteiger partial charge in [0.1, 0.15) is 0 Å². The number of rotatable bonds is 14. The van der Waals surface area contributed by atoms with Crippen LogP contribution in [0.25, 0.3) is 11.1 Å². The third-order valence-corrected chi connectivity index (χ3v) is 10.7. The summed E-state index contributed by atoms with van der Waals surface area (Å²) in [4.78, 5) is 16.1. The predicted molar refractivity (Wildman–Crippen MR) is 162 cm³/mol. The zero-order valence-corrected chi connectivity index (χ0v) is 24.8. The van der Waals surface area contributed by atoms with Crippen LogP contribution in [0.4, 0.5) is 0 Å². The first-order valence-corrected chi connectivity index (χ1v) is 16.9. The molecule has 214 valence electrons. The zero-order valence-electron chi connectivity index (χ0n) is 23.1. The second-order valence-corrected chi connectivity index (χ2v) is 13.4. The maximum Gasteiger partial charge on any atom is 0.166 e. The van der Waals surface area contributed by atoms with Crippen LogP contribution >= 0.6 is 23.5 Å². The lowest BCUT2D eigenvalue weighted by atomic mass is 9.61. The van der Waals surface area contributed by atoms with Gasteiger partial charge in [0, 0.05) is 53.9 Å². The van der Waals surface area contributed by atoms with E-state index in [0.717, 1.165) is 87.4 Å². The van der Waals surface area contributed by atoms with Crippen LogP contribution in [0.2, 0.25) is 0 Å². The fourth-order valence-electron chi connectivity index (χ4n) is 6.06. The summed E-state index contributed by atoms with van der Waals surface area (Å²) in [6, 6.07) is 16.9. The number of thioether (sulfide) groups is 2. The smallest absolute Gasteiger partial charge is 0.166 e. The summed E-state index contributed by atoms with van der Waals surface area (Å²) in [6.07, 6.45) is 9.85. The van der Waals surface area contributed by atoms with Gasteiger partial charge in [-0.1, -0.05) is 42.5 Å². The summed E-state index contributed by atoms with van der Waals surface area (Å²) < 4.78 is 22.6. The van der Waals surface area contributed by atoms with Crippen molar-refractivity contribution in [2.75, 3.05) is 37.9 Å². The Hall–Kier alpha value is -1.61. The lowest BCUT2D eigenvalue weighted by molar-refractivity contribution is -0.106. The van der Waals surface area contributed by atoms with Crippen molar-refractivity contribution in [1.29, 1.82) is 0 Å². The van der Waals surface area contributed by atoms with Crippen molar-refractivity contribution in [3.05, 3.63) is 65.1 Å². The fraction of sp³-hybridized carbons (Fsp3) is 0.545. The zero-order chi connectivity index (χ0) is 27.1. The number of allylic oxidation sites excluding steroid dienone is 2. The number of carbonyl (C=O) groups is 1. The Balaban J connectivity index is 0.948. The van der Waals surface area contributed by atoms with E-state index in [1.807, 2.05) is 23.9 Å². The highest BCUT2D eigenvalue weighted by Crippen LogP contribution is 2.51. The Kier molecular flexibility index (Phi) is 10.0. The SMILES string of the molecule is O=C(c1ccc(-c2ccc(SCCOC3CCCO3)cc2)cc1)[C@H]1CC[C@H]1[C@H]1CC=C1SCCOC1CCCO1. The van der Waals surface area contributed by atoms with Crippen LogP contribution in [-0.2, 0) is 18.9 Å². The topological polar surface area (TPSA) is 54.0 Å². The van der Waals surface area contributed by atoms with Gasteiger partial charge in [-0.25, -0.2) is 0 Å². The highest BCUT2D eigenvalue weighted by atomic mass is 32.2. The number of hydrogen-bond acceptors (Lipinski definition) is 7. The van der Waals surface area contributed by atoms with E-state index in [1.54, 1.807) is 11.8 Å². The molecule has 0 radical (unpaired) electrons. The molecule has 0 N–H and O–H groups in total. The standard InChI is InChI=1S/C33H40O5S2/c34-33(29-14-13-27(29)28-15-16-30(28)40-22-20-38-32-4-2-18-36-32)25-7-5-23(6-8-25)24-9-11-26(12-10-24)39-21-19-37-31-3-1-17-35-31/h5-12,16,27-29,31-32H,1-4,13-15,17-22H2/t27-,28+,29-,31?,32?/m0/s1. The maximum absolute atomic E-state index is 13.4. The molecule has 0 bridgehead atoms. The molecule has 2 aliphatic carbocycles. The average Bonchev–Trinajstić information content (AvgIpc) is 3.68. The van der Waals surface area contributed by atoms with Gasteiger partial charge >= 0.3 is 0 Å². The Morgan fingerprint density at radius 3 is 1.93 bits per heavy atom. The number of ketones is 1. The second-order valence-electron chi connectivity index (χ2n) is 11.1. The average molecular weight is 581 g/mol. The molecule has 2 aromatic carbocycles. The molecular formula is C33H40O5S2. The van der Waals surface area contributed by atoms with Crippen LogP contribution in [0, 0.1) is 17.8 Å². The van der Waals surface area contributed by atoms with Crippen molar-refractivity contribution in [2.24, 2.45) is 17.8 Å². The third-order valence-electron chi connectivity index (χ3n) is 8.56. The van der Waals surface area contributed by atoms with E-state index in [4.69, 9.17) is 18.9 Å². The minimum absolute atomic E-state index is 0.00217. The van der Waals surface area contributed by atoms with Crippen LogP contribution in [0.1, 0.15) is 55.3 Å². The molecule has 2 aliphatic heterocycles. The molecule has 0 spiro atoms. The number of hydrogen-bond donors (Lipinski definition) is 0. The highest BCUT2D eigenvalue weighted by molar-refractivity contribution is 8.03. The fourth-order valence-corrected chi connectivity index (χ4v) is 7.91. The lowest BCUT2D eigenvalue weighted by Gasteiger charge is -2.44. The van der Waals surface area contributed by atoms with Gasteiger partial charge in [-0.2, -0.15) is 0 Å². The number of benzene rings is 2. The van der Waals surface area contributed by atoms with Gasteiger partial charge in [0.05, 0.1) is 13.2 Å². The highest BCUT2D eigenvalue weighted by Gasteiger charge is 2.44. The van der Waals surface area contributed by atoms with E-state index < -0.39 is 0 Å². The summed E-state index contributed by atoms with van der Waals surface area (Å²) in [5.74, 6) is 3.38. The predicted octanol–water partition coefficient (Wildman–Crippen LogP) is 7.60. The van der Waals surface area contributed by atoms with Crippen LogP contribution in [0.5, 0.6) is 0 Å². The molecule has 3 fully saturated rings. The monoisotopic (exact) mass is 580 g/mol. The summed E-state index contributed by atoms with van der Waals surface area (Å²) >= 11 is 3.71. The Labute approximate surface area is 246 Å². The number of ether oxygens (including phenoxy) is 4. The van der Waals surface area contributed by atoms with Crippen LogP contribution < -0.4 is 0 Å². The van der Waals surface area contributed by atoms with Crippen molar-refractivity contribution in [1.82, 2.24) is 0 Å². The van der Waals surface area contributed by atoms with Crippen molar-refractivity contribution < 1.29 is 23.7 Å². The molecule has 4 aliphatic rings. The summed E-state index contributed by atoms with van der Waals surface area (Å²) in [7, 11) is 0. The molecule has 5 atom stereocenters. The van der Waals surface area contributed by atoms with Gasteiger partial charge in [-0.05, 0) is 72.1 Å². The van der Waals surface area contributed by atoms with Crippen LogP contribution in [0.15, 0.2) is 64.4 Å². The quantitative estimate of drug-likeness (QED) is 0.130. The van der Waals surface area contributed by atoms with Crippen molar-refractivity contribution >= 4 is 29.3 Å². The van der Waals surface area contributed by atoms with Crippen molar-refractivity contribution in [3.8, 4) is 11.1 Å². The molecule has 2 heterocycles. The number of carbonyl (C=O) groups excluding carboxylic acids is 1. The minimum atomic E-state index is -0.00739. The molecule has 6 rings (SSSR count). The Morgan fingerprint density at radius 2 is 1.40 bits per heavy atom. The van der Waals surface area contributed by atoms with Crippen LogP contribution in [-0.4, -0.2) is 56.3 Å². The van der Waals surface area contributed by atoms with Gasteiger partial charge in [0.15, 0.2) is 18.4 Å². The largest absolute Gasteiger partial charge is 0.353 e. The summed E-state index contributed by atoms with van der Waals surface area (Å²) in [5.41, 5.74) is 3.16. The van der Waals surface area contributed by atoms with E-state index in [2.05, 4.69) is 42.5 Å². The molecule has 2 aromatic rings. The molecular weight excluding hydrogens is 540 g/mol. The van der Waals surface area contributed by atoms with E-state index >= 15 is 0 Å². The molecule has 40 heavy (non-hydrogen) atoms. The summed E-state index contributed by atoms with van der Waals surface area (Å²) in [6.45, 7) is 3.08. The van der Waals surface area contributed by atoms with Gasteiger partial charge < -0.3 is 18.9 Å². The normalized spacial score (nSPS) is 27.7. The first-order chi connectivity index (χ1) is 19.7. The van der Waals surface area contributed by atoms with Crippen molar-refractivity contribution in [2.45, 2.75) is 62.4 Å². The first kappa shape index (κ1) is 28.5. The van der Waals surface area contributed by atoms with Gasteiger partial charge in [-0.3, -0.25) is 4.79 Å². The Morgan fingerprint density at radius 1 is 0.775 bits per heavy atom. The Bertz CT molecular complexity index is 1140. The molecule has 0 amide bonds. The maximum atomic E-state index is 13.4.